The number of aryl methyl sites for hydroxylation is 2. The summed E-state index contributed by atoms with van der Waals surface area (Å²) in [5.74, 6) is -0.0632. The molecule has 0 aromatic heterocycles. The van der Waals surface area contributed by atoms with Gasteiger partial charge in [0.1, 0.15) is 11.5 Å². The highest BCUT2D eigenvalue weighted by Gasteiger charge is 2.12. The van der Waals surface area contributed by atoms with Crippen LogP contribution < -0.4 is 14.9 Å². The molecule has 164 valence electrons. The Morgan fingerprint density at radius 3 is 2.50 bits per heavy atom. The molecule has 0 heterocycles. The Morgan fingerprint density at radius 1 is 1.03 bits per heavy atom. The van der Waals surface area contributed by atoms with Gasteiger partial charge in [0.15, 0.2) is 6.61 Å². The minimum atomic E-state index is -0.538. The predicted octanol–water partition coefficient (Wildman–Crippen LogP) is 5.47. The van der Waals surface area contributed by atoms with Gasteiger partial charge in [-0.05, 0) is 79.6 Å². The molecule has 0 saturated carbocycles. The largest absolute Gasteiger partial charge is 0.484 e. The van der Waals surface area contributed by atoms with Gasteiger partial charge in [0, 0.05) is 15.1 Å². The highest BCUT2D eigenvalue weighted by Crippen LogP contribution is 2.23. The van der Waals surface area contributed by atoms with Gasteiger partial charge in [-0.3, -0.25) is 4.79 Å². The SMILES string of the molecule is Cc1ccc(OCC(=O)N/N=C\c2cc(Br)ccc2OC(=O)c2ccc(Cl)cc2)cc1C. The van der Waals surface area contributed by atoms with Gasteiger partial charge in [0.2, 0.25) is 0 Å². The monoisotopic (exact) mass is 514 g/mol. The Bertz CT molecular complexity index is 1160. The summed E-state index contributed by atoms with van der Waals surface area (Å²) in [4.78, 5) is 24.4. The van der Waals surface area contributed by atoms with Crippen molar-refractivity contribution < 1.29 is 19.1 Å². The Kier molecular flexibility index (Phi) is 8.03. The molecule has 1 N–H and O–H groups in total. The van der Waals surface area contributed by atoms with Gasteiger partial charge in [0.25, 0.3) is 5.91 Å². The van der Waals surface area contributed by atoms with Crippen molar-refractivity contribution in [3.05, 3.63) is 92.4 Å². The molecule has 0 spiro atoms. The van der Waals surface area contributed by atoms with Crippen LogP contribution in [-0.2, 0) is 4.79 Å². The van der Waals surface area contributed by atoms with Crippen LogP contribution in [0, 0.1) is 13.8 Å². The van der Waals surface area contributed by atoms with Gasteiger partial charge in [-0.25, -0.2) is 10.2 Å². The lowest BCUT2D eigenvalue weighted by Crippen LogP contribution is -2.24. The van der Waals surface area contributed by atoms with E-state index in [4.69, 9.17) is 21.1 Å². The second-order valence-corrected chi connectivity index (χ2v) is 8.26. The summed E-state index contributed by atoms with van der Waals surface area (Å²) >= 11 is 9.23. The number of halogens is 2. The third kappa shape index (κ3) is 6.67. The number of nitrogens with one attached hydrogen (secondary N) is 1. The molecule has 0 unspecified atom stereocenters. The maximum Gasteiger partial charge on any atom is 0.343 e. The minimum Gasteiger partial charge on any atom is -0.484 e. The molecule has 0 atom stereocenters. The fourth-order valence-corrected chi connectivity index (χ4v) is 3.12. The zero-order valence-corrected chi connectivity index (χ0v) is 19.7. The number of hydrazone groups is 1. The van der Waals surface area contributed by atoms with Crippen LogP contribution in [0.3, 0.4) is 0 Å². The summed E-state index contributed by atoms with van der Waals surface area (Å²) < 4.78 is 11.7. The molecule has 3 aromatic rings. The Labute approximate surface area is 199 Å². The quantitative estimate of drug-likeness (QED) is 0.196. The lowest BCUT2D eigenvalue weighted by Gasteiger charge is -2.09. The van der Waals surface area contributed by atoms with Crippen molar-refractivity contribution in [1.82, 2.24) is 5.43 Å². The van der Waals surface area contributed by atoms with E-state index < -0.39 is 11.9 Å². The summed E-state index contributed by atoms with van der Waals surface area (Å²) in [7, 11) is 0. The molecular weight excluding hydrogens is 496 g/mol. The fourth-order valence-electron chi connectivity index (χ4n) is 2.62. The molecule has 0 radical (unpaired) electrons. The zero-order chi connectivity index (χ0) is 23.1. The normalized spacial score (nSPS) is 10.8. The summed E-state index contributed by atoms with van der Waals surface area (Å²) in [6.07, 6.45) is 1.39. The number of hydrogen-bond acceptors (Lipinski definition) is 5. The number of hydrogen-bond donors (Lipinski definition) is 1. The Balaban J connectivity index is 1.61. The van der Waals surface area contributed by atoms with E-state index in [1.807, 2.05) is 32.0 Å². The number of carbonyl (C=O) groups excluding carboxylic acids is 2. The molecule has 0 fully saturated rings. The predicted molar refractivity (Wildman–Crippen MR) is 128 cm³/mol. The van der Waals surface area contributed by atoms with Crippen LogP contribution in [0.25, 0.3) is 0 Å². The van der Waals surface area contributed by atoms with Crippen LogP contribution in [0.4, 0.5) is 0 Å². The van der Waals surface area contributed by atoms with Gasteiger partial charge < -0.3 is 9.47 Å². The van der Waals surface area contributed by atoms with E-state index in [1.54, 1.807) is 42.5 Å². The Hall–Kier alpha value is -3.16. The first-order chi connectivity index (χ1) is 15.3. The molecule has 0 aliphatic heterocycles. The fraction of sp³-hybridized carbons (Fsp3) is 0.125. The van der Waals surface area contributed by atoms with Gasteiger partial charge in [-0.15, -0.1) is 0 Å². The molecule has 8 heteroatoms. The average molecular weight is 516 g/mol. The second kappa shape index (κ2) is 10.9. The molecule has 32 heavy (non-hydrogen) atoms. The van der Waals surface area contributed by atoms with Crippen molar-refractivity contribution >= 4 is 45.6 Å². The lowest BCUT2D eigenvalue weighted by atomic mass is 10.1. The molecule has 0 aliphatic rings. The first kappa shape index (κ1) is 23.5. The first-order valence-electron chi connectivity index (χ1n) is 9.61. The van der Waals surface area contributed by atoms with Crippen LogP contribution >= 0.6 is 27.5 Å². The van der Waals surface area contributed by atoms with Crippen LogP contribution in [0.15, 0.2) is 70.2 Å². The second-order valence-electron chi connectivity index (χ2n) is 6.91. The van der Waals surface area contributed by atoms with E-state index in [-0.39, 0.29) is 12.4 Å². The summed E-state index contributed by atoms with van der Waals surface area (Å²) in [5.41, 5.74) is 5.48. The van der Waals surface area contributed by atoms with E-state index in [9.17, 15) is 9.59 Å². The van der Waals surface area contributed by atoms with Gasteiger partial charge in [0.05, 0.1) is 11.8 Å². The molecule has 3 aromatic carbocycles. The number of benzene rings is 3. The number of ether oxygens (including phenoxy) is 2. The summed E-state index contributed by atoms with van der Waals surface area (Å²) in [6, 6.07) is 17.1. The van der Waals surface area contributed by atoms with Crippen LogP contribution in [-0.4, -0.2) is 24.7 Å². The third-order valence-corrected chi connectivity index (χ3v) is 5.24. The first-order valence-corrected chi connectivity index (χ1v) is 10.8. The van der Waals surface area contributed by atoms with E-state index in [0.717, 1.165) is 15.6 Å². The van der Waals surface area contributed by atoms with E-state index in [1.165, 1.54) is 6.21 Å². The zero-order valence-electron chi connectivity index (χ0n) is 17.4. The van der Waals surface area contributed by atoms with E-state index in [0.29, 0.717) is 21.9 Å². The number of amides is 1. The van der Waals surface area contributed by atoms with Gasteiger partial charge in [-0.2, -0.15) is 5.10 Å². The molecule has 0 aliphatic carbocycles. The third-order valence-electron chi connectivity index (χ3n) is 4.50. The number of rotatable bonds is 7. The van der Waals surface area contributed by atoms with Crippen LogP contribution in [0.1, 0.15) is 27.0 Å². The highest BCUT2D eigenvalue weighted by atomic mass is 79.9. The molecule has 0 saturated heterocycles. The summed E-state index contributed by atoms with van der Waals surface area (Å²) in [5, 5.41) is 4.47. The van der Waals surface area contributed by atoms with Crippen molar-refractivity contribution in [3.63, 3.8) is 0 Å². The molecule has 0 bridgehead atoms. The number of carbonyl (C=O) groups is 2. The lowest BCUT2D eigenvalue weighted by molar-refractivity contribution is -0.123. The smallest absolute Gasteiger partial charge is 0.343 e. The number of nitrogens with zero attached hydrogens (tertiary/aromatic N) is 1. The topological polar surface area (TPSA) is 77.0 Å². The molecule has 1 amide bonds. The average Bonchev–Trinajstić information content (AvgIpc) is 2.76. The van der Waals surface area contributed by atoms with E-state index >= 15 is 0 Å². The van der Waals surface area contributed by atoms with Gasteiger partial charge >= 0.3 is 5.97 Å². The van der Waals surface area contributed by atoms with Crippen LogP contribution in [0.5, 0.6) is 11.5 Å². The van der Waals surface area contributed by atoms with Crippen LogP contribution in [0.2, 0.25) is 5.02 Å². The van der Waals surface area contributed by atoms with Crippen molar-refractivity contribution in [3.8, 4) is 11.5 Å². The Morgan fingerprint density at radius 2 is 1.78 bits per heavy atom. The van der Waals surface area contributed by atoms with Crippen molar-refractivity contribution in [2.24, 2.45) is 5.10 Å². The van der Waals surface area contributed by atoms with Crippen molar-refractivity contribution in [2.45, 2.75) is 13.8 Å². The maximum absolute atomic E-state index is 12.4. The molecule has 3 rings (SSSR count). The maximum atomic E-state index is 12.4. The van der Waals surface area contributed by atoms with Gasteiger partial charge in [-0.1, -0.05) is 33.6 Å². The minimum absolute atomic E-state index is 0.184. The standard InChI is InChI=1S/C24H20BrClN2O4/c1-15-3-9-21(11-16(15)2)31-14-23(29)28-27-13-18-12-19(25)6-10-22(18)32-24(30)17-4-7-20(26)8-5-17/h3-13H,14H2,1-2H3,(H,28,29)/b27-13-. The summed E-state index contributed by atoms with van der Waals surface area (Å²) in [6.45, 7) is 3.79. The molecule has 6 nitrogen and oxygen atoms in total. The van der Waals surface area contributed by atoms with E-state index in [2.05, 4.69) is 26.5 Å². The van der Waals surface area contributed by atoms with Crippen molar-refractivity contribution in [1.29, 1.82) is 0 Å². The highest BCUT2D eigenvalue weighted by molar-refractivity contribution is 9.10. The van der Waals surface area contributed by atoms with Crippen molar-refractivity contribution in [2.75, 3.05) is 6.61 Å². The molecular formula is C24H20BrClN2O4. The number of esters is 1.